The van der Waals surface area contributed by atoms with Gasteiger partial charge in [0.25, 0.3) is 0 Å². The van der Waals surface area contributed by atoms with Crippen molar-refractivity contribution in [3.05, 3.63) is 194 Å². The quantitative estimate of drug-likeness (QED) is 0.165. The van der Waals surface area contributed by atoms with Crippen LogP contribution < -0.4 is 0 Å². The molecule has 278 valence electrons. The number of benzene rings is 8. The fourth-order valence-corrected chi connectivity index (χ4v) is 10.7. The van der Waals surface area contributed by atoms with E-state index in [4.69, 9.17) is 4.42 Å². The lowest BCUT2D eigenvalue weighted by Gasteiger charge is -2.14. The number of thiophene rings is 1. The van der Waals surface area contributed by atoms with Gasteiger partial charge in [0.1, 0.15) is 11.3 Å². The average Bonchev–Trinajstić information content (AvgIpc) is 4.03. The molecule has 0 amide bonds. The van der Waals surface area contributed by atoms with E-state index in [0.29, 0.717) is 0 Å². The van der Waals surface area contributed by atoms with Crippen LogP contribution in [-0.2, 0) is 0 Å². The van der Waals surface area contributed by atoms with Crippen LogP contribution in [0, 0.1) is 0 Å². The van der Waals surface area contributed by atoms with Crippen LogP contribution >= 0.6 is 11.3 Å². The number of hydrogen-bond acceptors (Lipinski definition) is 2. The number of furan rings is 1. The van der Waals surface area contributed by atoms with Crippen LogP contribution in [0.5, 0.6) is 0 Å². The summed E-state index contributed by atoms with van der Waals surface area (Å²) >= 11 is 1.86. The molecule has 8 aromatic carbocycles. The summed E-state index contributed by atoms with van der Waals surface area (Å²) in [5, 5.41) is 8.53. The Hall–Kier alpha value is -7.40. The summed E-state index contributed by atoms with van der Waals surface area (Å²) in [6.45, 7) is 6.17. The fraction of sp³-hybridized carbons (Fsp3) is 0.0182. The number of aromatic nitrogens is 2. The predicted molar refractivity (Wildman–Crippen MR) is 253 cm³/mol. The maximum atomic E-state index is 6.30. The van der Waals surface area contributed by atoms with Crippen molar-refractivity contribution in [3.63, 3.8) is 0 Å². The highest BCUT2D eigenvalue weighted by Gasteiger charge is 2.21. The van der Waals surface area contributed by atoms with Gasteiger partial charge in [0.15, 0.2) is 0 Å². The lowest BCUT2D eigenvalue weighted by molar-refractivity contribution is 0.603. The molecule has 0 saturated carbocycles. The number of fused-ring (bicyclic) bond motifs is 10. The molecular weight excluding hydrogens is 737 g/mol. The second-order valence-electron chi connectivity index (χ2n) is 15.2. The summed E-state index contributed by atoms with van der Waals surface area (Å²) in [5.74, 6) is 0.830. The van der Waals surface area contributed by atoms with E-state index in [2.05, 4.69) is 186 Å². The second-order valence-corrected chi connectivity index (χ2v) is 16.3. The molecule has 0 saturated heterocycles. The van der Waals surface area contributed by atoms with Gasteiger partial charge in [-0.1, -0.05) is 128 Å². The van der Waals surface area contributed by atoms with Gasteiger partial charge in [0.05, 0.1) is 22.1 Å². The molecule has 0 spiro atoms. The van der Waals surface area contributed by atoms with E-state index in [1.165, 1.54) is 80.5 Å². The molecule has 0 aliphatic rings. The van der Waals surface area contributed by atoms with Crippen molar-refractivity contribution in [1.29, 1.82) is 0 Å². The second kappa shape index (κ2) is 13.1. The van der Waals surface area contributed by atoms with E-state index in [9.17, 15) is 0 Å². The summed E-state index contributed by atoms with van der Waals surface area (Å²) in [6, 6.07) is 62.3. The molecule has 3 nitrogen and oxygen atoms in total. The van der Waals surface area contributed by atoms with E-state index < -0.39 is 0 Å². The molecular formula is C55H36N2OS. The van der Waals surface area contributed by atoms with Crippen LogP contribution in [-0.4, -0.2) is 9.13 Å². The van der Waals surface area contributed by atoms with Crippen molar-refractivity contribution in [1.82, 2.24) is 9.13 Å². The minimum Gasteiger partial charge on any atom is -0.456 e. The van der Waals surface area contributed by atoms with Gasteiger partial charge in [-0.05, 0) is 84.8 Å². The molecule has 0 radical (unpaired) electrons. The Morgan fingerprint density at radius 1 is 0.508 bits per heavy atom. The molecule has 12 aromatic rings. The van der Waals surface area contributed by atoms with E-state index >= 15 is 0 Å². The van der Waals surface area contributed by atoms with Gasteiger partial charge in [-0.25, -0.2) is 0 Å². The number of nitrogens with zero attached hydrogens (tertiary/aromatic N) is 2. The Balaban J connectivity index is 1.15. The molecule has 0 unspecified atom stereocenters. The molecule has 59 heavy (non-hydrogen) atoms. The Bertz CT molecular complexity index is 3700. The van der Waals surface area contributed by atoms with Gasteiger partial charge in [0.2, 0.25) is 0 Å². The van der Waals surface area contributed by atoms with Gasteiger partial charge in [-0.3, -0.25) is 0 Å². The Morgan fingerprint density at radius 2 is 1.19 bits per heavy atom. The lowest BCUT2D eigenvalue weighted by Crippen LogP contribution is -1.96. The van der Waals surface area contributed by atoms with Gasteiger partial charge >= 0.3 is 0 Å². The van der Waals surface area contributed by atoms with Gasteiger partial charge < -0.3 is 13.6 Å². The zero-order valence-corrected chi connectivity index (χ0v) is 33.1. The van der Waals surface area contributed by atoms with E-state index in [0.717, 1.165) is 39.2 Å². The van der Waals surface area contributed by atoms with Crippen molar-refractivity contribution in [2.24, 2.45) is 0 Å². The van der Waals surface area contributed by atoms with Gasteiger partial charge in [-0.2, -0.15) is 0 Å². The molecule has 0 aliphatic carbocycles. The zero-order chi connectivity index (χ0) is 39.2. The fourth-order valence-electron chi connectivity index (χ4n) is 9.46. The molecule has 12 rings (SSSR count). The molecule has 0 atom stereocenters. The van der Waals surface area contributed by atoms with Crippen molar-refractivity contribution in [3.8, 4) is 33.6 Å². The first kappa shape index (κ1) is 33.7. The van der Waals surface area contributed by atoms with Crippen LogP contribution in [0.1, 0.15) is 18.2 Å². The number of hydrogen-bond donors (Lipinski definition) is 0. The zero-order valence-electron chi connectivity index (χ0n) is 32.3. The first-order chi connectivity index (χ1) is 29.2. The van der Waals surface area contributed by atoms with Crippen molar-refractivity contribution in [2.45, 2.75) is 6.92 Å². The minimum atomic E-state index is 0.830. The third kappa shape index (κ3) is 5.00. The molecule has 4 aromatic heterocycles. The largest absolute Gasteiger partial charge is 0.456 e. The van der Waals surface area contributed by atoms with Crippen LogP contribution in [0.25, 0.3) is 121 Å². The number of allylic oxidation sites excluding steroid dienone is 1. The molecule has 0 bridgehead atoms. The molecule has 0 aliphatic heterocycles. The van der Waals surface area contributed by atoms with Crippen molar-refractivity contribution >= 4 is 98.2 Å². The molecule has 4 heterocycles. The summed E-state index contributed by atoms with van der Waals surface area (Å²) in [5.41, 5.74) is 13.6. The van der Waals surface area contributed by atoms with E-state index in [-0.39, 0.29) is 0 Å². The SMILES string of the molecule is C=Cc1c(/C=C\C)oc2ccc(-c3cc(-n4c5ccccc5c5ccc(-c6cccc7c8ccccc8n(-c8ccccc8)c67)cc54)cc4c3sc3ccccc34)cc12. The van der Waals surface area contributed by atoms with Crippen LogP contribution in [0.15, 0.2) is 187 Å². The average molecular weight is 773 g/mol. The van der Waals surface area contributed by atoms with Crippen LogP contribution in [0.4, 0.5) is 0 Å². The smallest absolute Gasteiger partial charge is 0.135 e. The van der Waals surface area contributed by atoms with Crippen LogP contribution in [0.2, 0.25) is 0 Å². The maximum Gasteiger partial charge on any atom is 0.135 e. The maximum absolute atomic E-state index is 6.30. The Morgan fingerprint density at radius 3 is 2.00 bits per heavy atom. The number of rotatable bonds is 6. The third-order valence-electron chi connectivity index (χ3n) is 12.0. The number of para-hydroxylation sites is 4. The van der Waals surface area contributed by atoms with Crippen molar-refractivity contribution in [2.75, 3.05) is 0 Å². The first-order valence-electron chi connectivity index (χ1n) is 20.1. The monoisotopic (exact) mass is 772 g/mol. The minimum absolute atomic E-state index is 0.830. The van der Waals surface area contributed by atoms with E-state index in [1.54, 1.807) is 0 Å². The molecule has 4 heteroatoms. The first-order valence-corrected chi connectivity index (χ1v) is 20.9. The highest BCUT2D eigenvalue weighted by Crippen LogP contribution is 2.45. The predicted octanol–water partition coefficient (Wildman–Crippen LogP) is 16.0. The van der Waals surface area contributed by atoms with Crippen molar-refractivity contribution < 1.29 is 4.42 Å². The normalized spacial score (nSPS) is 12.2. The summed E-state index contributed by atoms with van der Waals surface area (Å²) in [7, 11) is 0. The van der Waals surface area contributed by atoms with Gasteiger partial charge in [0, 0.05) is 75.2 Å². The highest BCUT2D eigenvalue weighted by atomic mass is 32.1. The topological polar surface area (TPSA) is 23.0 Å². The summed E-state index contributed by atoms with van der Waals surface area (Å²) < 4.78 is 13.8. The van der Waals surface area contributed by atoms with E-state index in [1.807, 2.05) is 36.5 Å². The lowest BCUT2D eigenvalue weighted by atomic mass is 9.98. The standard InChI is InChI=1S/C55H36N2OS/c1-3-15-51-38(4-2)46-30-34(27-29-52(46)58-51)45-32-37(33-47-43-20-10-13-25-53(43)59-55(45)47)56-48-23-11-8-18-40(48)42-28-26-35(31-50(42)56)39-21-14-22-44-41-19-9-12-24-49(41)57(54(39)44)36-16-6-5-7-17-36/h3-33H,2H2,1H3/b15-3-. The molecule has 0 fully saturated rings. The van der Waals surface area contributed by atoms with Gasteiger partial charge in [-0.15, -0.1) is 11.3 Å². The summed E-state index contributed by atoms with van der Waals surface area (Å²) in [6.07, 6.45) is 5.93. The summed E-state index contributed by atoms with van der Waals surface area (Å²) in [4.78, 5) is 0. The highest BCUT2D eigenvalue weighted by molar-refractivity contribution is 7.26. The van der Waals surface area contributed by atoms with Crippen LogP contribution in [0.3, 0.4) is 0 Å². The molecule has 0 N–H and O–H groups in total. The third-order valence-corrected chi connectivity index (χ3v) is 13.2. The Kier molecular flexibility index (Phi) is 7.47. The Labute approximate surface area is 344 Å².